The molecule has 0 bridgehead atoms. The number of anilines is 1. The van der Waals surface area contributed by atoms with Crippen LogP contribution in [0.4, 0.5) is 5.69 Å². The number of nitrogens with zero attached hydrogens (tertiary/aromatic N) is 2. The molecule has 0 radical (unpaired) electrons. The molecule has 7 heteroatoms. The van der Waals surface area contributed by atoms with Crippen molar-refractivity contribution in [2.24, 2.45) is 0 Å². The van der Waals surface area contributed by atoms with E-state index in [2.05, 4.69) is 0 Å². The third-order valence-corrected chi connectivity index (χ3v) is 5.22. The summed E-state index contributed by atoms with van der Waals surface area (Å²) in [5, 5.41) is 10.6. The Morgan fingerprint density at radius 3 is 2.66 bits per heavy atom. The van der Waals surface area contributed by atoms with Crippen LogP contribution in [0.3, 0.4) is 0 Å². The molecule has 7 nitrogen and oxygen atoms in total. The molecule has 1 amide bonds. The molecule has 2 heterocycles. The summed E-state index contributed by atoms with van der Waals surface area (Å²) in [6.45, 7) is 4.39. The third-order valence-electron chi connectivity index (χ3n) is 5.22. The molecule has 154 valence electrons. The maximum Gasteiger partial charge on any atom is 0.231 e. The molecule has 0 saturated carbocycles. The number of carbonyl (C=O) groups excluding carboxylic acids is 1. The second-order valence-electron chi connectivity index (χ2n) is 7.22. The molecular weight excluding hydrogens is 372 g/mol. The molecule has 0 fully saturated rings. The predicted octanol–water partition coefficient (Wildman–Crippen LogP) is 2.41. The number of β-amino-alcohol motifs (C(OH)–C–C–N with tert-alkyl or cyclic N) is 1. The van der Waals surface area contributed by atoms with E-state index in [9.17, 15) is 9.90 Å². The molecule has 2 aliphatic rings. The lowest BCUT2D eigenvalue weighted by molar-refractivity contribution is -0.131. The summed E-state index contributed by atoms with van der Waals surface area (Å²) in [6, 6.07) is 13.3. The minimum absolute atomic E-state index is 0.107. The first-order valence-corrected chi connectivity index (χ1v) is 9.95. The van der Waals surface area contributed by atoms with Crippen LogP contribution in [0.25, 0.3) is 0 Å². The SMILES string of the molecule is CCN1Cc2cc3c(cc2N(CC(O)COc2ccccc2)CCC1=O)OCO3. The number of ether oxygens (including phenoxy) is 3. The maximum absolute atomic E-state index is 12.5. The summed E-state index contributed by atoms with van der Waals surface area (Å²) in [5.41, 5.74) is 1.94. The van der Waals surface area contributed by atoms with Gasteiger partial charge in [0.15, 0.2) is 11.5 Å². The maximum atomic E-state index is 12.5. The molecule has 2 aromatic rings. The van der Waals surface area contributed by atoms with Crippen LogP contribution in [0.5, 0.6) is 17.2 Å². The largest absolute Gasteiger partial charge is 0.491 e. The lowest BCUT2D eigenvalue weighted by Gasteiger charge is -2.34. The number of hydrogen-bond donors (Lipinski definition) is 1. The Morgan fingerprint density at radius 2 is 1.90 bits per heavy atom. The number of amides is 1. The summed E-state index contributed by atoms with van der Waals surface area (Å²) in [6.07, 6.45) is -0.307. The number of carbonyl (C=O) groups is 1. The van der Waals surface area contributed by atoms with Crippen molar-refractivity contribution < 1.29 is 24.1 Å². The van der Waals surface area contributed by atoms with Gasteiger partial charge in [-0.25, -0.2) is 0 Å². The van der Waals surface area contributed by atoms with Gasteiger partial charge in [-0.1, -0.05) is 18.2 Å². The predicted molar refractivity (Wildman–Crippen MR) is 108 cm³/mol. The van der Waals surface area contributed by atoms with Gasteiger partial charge in [0.2, 0.25) is 12.7 Å². The minimum atomic E-state index is -0.703. The van der Waals surface area contributed by atoms with Crippen LogP contribution in [0, 0.1) is 0 Å². The monoisotopic (exact) mass is 398 g/mol. The summed E-state index contributed by atoms with van der Waals surface area (Å²) in [7, 11) is 0. The van der Waals surface area contributed by atoms with E-state index < -0.39 is 6.10 Å². The van der Waals surface area contributed by atoms with Gasteiger partial charge in [0.1, 0.15) is 18.5 Å². The van der Waals surface area contributed by atoms with Crippen LogP contribution in [0.15, 0.2) is 42.5 Å². The van der Waals surface area contributed by atoms with Gasteiger partial charge < -0.3 is 29.1 Å². The molecule has 1 unspecified atom stereocenters. The second kappa shape index (κ2) is 8.61. The standard InChI is InChI=1S/C22H26N2O5/c1-2-23-12-16-10-20-21(29-15-28-20)11-19(16)24(9-8-22(23)26)13-17(25)14-27-18-6-4-3-5-7-18/h3-7,10-11,17,25H,2,8-9,12-15H2,1H3. The Hall–Kier alpha value is -2.93. The zero-order valence-electron chi connectivity index (χ0n) is 16.5. The number of benzene rings is 2. The minimum Gasteiger partial charge on any atom is -0.491 e. The first-order valence-electron chi connectivity index (χ1n) is 9.95. The first-order chi connectivity index (χ1) is 14.1. The number of hydrogen-bond acceptors (Lipinski definition) is 6. The van der Waals surface area contributed by atoms with Crippen molar-refractivity contribution in [3.8, 4) is 17.2 Å². The van der Waals surface area contributed by atoms with Gasteiger partial charge in [-0.05, 0) is 30.7 Å². The van der Waals surface area contributed by atoms with Crippen molar-refractivity contribution in [3.63, 3.8) is 0 Å². The molecule has 1 atom stereocenters. The van der Waals surface area contributed by atoms with Crippen molar-refractivity contribution in [3.05, 3.63) is 48.0 Å². The van der Waals surface area contributed by atoms with Gasteiger partial charge in [-0.2, -0.15) is 0 Å². The van der Waals surface area contributed by atoms with Gasteiger partial charge in [0.05, 0.1) is 0 Å². The van der Waals surface area contributed by atoms with Gasteiger partial charge in [0, 0.05) is 44.4 Å². The van der Waals surface area contributed by atoms with E-state index in [1.54, 1.807) is 0 Å². The Labute approximate surface area is 170 Å². The van der Waals surface area contributed by atoms with Crippen molar-refractivity contribution in [2.75, 3.05) is 37.9 Å². The zero-order valence-corrected chi connectivity index (χ0v) is 16.5. The molecular formula is C22H26N2O5. The molecule has 4 rings (SSSR count). The summed E-state index contributed by atoms with van der Waals surface area (Å²) in [4.78, 5) is 16.4. The fourth-order valence-electron chi connectivity index (χ4n) is 3.69. The Morgan fingerprint density at radius 1 is 1.14 bits per heavy atom. The summed E-state index contributed by atoms with van der Waals surface area (Å²) in [5.74, 6) is 2.21. The van der Waals surface area contributed by atoms with E-state index in [1.807, 2.05) is 59.2 Å². The van der Waals surface area contributed by atoms with Gasteiger partial charge in [0.25, 0.3) is 0 Å². The van der Waals surface area contributed by atoms with E-state index in [-0.39, 0.29) is 19.3 Å². The highest BCUT2D eigenvalue weighted by atomic mass is 16.7. The van der Waals surface area contributed by atoms with Crippen molar-refractivity contribution in [1.29, 1.82) is 0 Å². The molecule has 0 spiro atoms. The number of aliphatic hydroxyl groups is 1. The zero-order chi connectivity index (χ0) is 20.2. The Kier molecular flexibility index (Phi) is 5.76. The Balaban J connectivity index is 1.53. The molecule has 0 aliphatic carbocycles. The van der Waals surface area contributed by atoms with Crippen molar-refractivity contribution >= 4 is 11.6 Å². The number of para-hydroxylation sites is 1. The van der Waals surface area contributed by atoms with Gasteiger partial charge >= 0.3 is 0 Å². The normalized spacial score (nSPS) is 16.8. The molecule has 0 aromatic heterocycles. The molecule has 2 aliphatic heterocycles. The van der Waals surface area contributed by atoms with Crippen LogP contribution >= 0.6 is 0 Å². The second-order valence-corrected chi connectivity index (χ2v) is 7.22. The number of aliphatic hydroxyl groups excluding tert-OH is 1. The topological polar surface area (TPSA) is 71.5 Å². The molecule has 0 saturated heterocycles. The van der Waals surface area contributed by atoms with Crippen molar-refractivity contribution in [2.45, 2.75) is 26.0 Å². The molecule has 1 N–H and O–H groups in total. The van der Waals surface area contributed by atoms with Crippen LogP contribution in [0.2, 0.25) is 0 Å². The van der Waals surface area contributed by atoms with E-state index in [0.29, 0.717) is 44.1 Å². The van der Waals surface area contributed by atoms with Crippen LogP contribution in [-0.4, -0.2) is 55.1 Å². The van der Waals surface area contributed by atoms with Gasteiger partial charge in [-0.3, -0.25) is 4.79 Å². The lowest BCUT2D eigenvalue weighted by Crippen LogP contribution is -2.41. The van der Waals surface area contributed by atoms with E-state index in [1.165, 1.54) is 0 Å². The summed E-state index contributed by atoms with van der Waals surface area (Å²) < 4.78 is 16.8. The average Bonchev–Trinajstić information content (AvgIpc) is 3.20. The highest BCUT2D eigenvalue weighted by molar-refractivity contribution is 5.78. The smallest absolute Gasteiger partial charge is 0.231 e. The van der Waals surface area contributed by atoms with E-state index >= 15 is 0 Å². The highest BCUT2D eigenvalue weighted by Gasteiger charge is 2.27. The van der Waals surface area contributed by atoms with Crippen LogP contribution in [0.1, 0.15) is 18.9 Å². The Bertz CT molecular complexity index is 858. The van der Waals surface area contributed by atoms with E-state index in [0.717, 1.165) is 17.0 Å². The van der Waals surface area contributed by atoms with Crippen molar-refractivity contribution in [1.82, 2.24) is 4.90 Å². The highest BCUT2D eigenvalue weighted by Crippen LogP contribution is 2.39. The number of rotatable bonds is 6. The first kappa shape index (κ1) is 19.4. The van der Waals surface area contributed by atoms with E-state index in [4.69, 9.17) is 14.2 Å². The third kappa shape index (κ3) is 4.40. The molecule has 29 heavy (non-hydrogen) atoms. The lowest BCUT2D eigenvalue weighted by atomic mass is 10.1. The molecule has 2 aromatic carbocycles. The van der Waals surface area contributed by atoms with Crippen LogP contribution in [-0.2, 0) is 11.3 Å². The fraction of sp³-hybridized carbons (Fsp3) is 0.409. The van der Waals surface area contributed by atoms with Gasteiger partial charge in [-0.15, -0.1) is 0 Å². The van der Waals surface area contributed by atoms with Crippen LogP contribution < -0.4 is 19.1 Å². The fourth-order valence-corrected chi connectivity index (χ4v) is 3.69. The average molecular weight is 398 g/mol. The summed E-state index contributed by atoms with van der Waals surface area (Å²) >= 11 is 0. The number of fused-ring (bicyclic) bond motifs is 2. The quantitative estimate of drug-likeness (QED) is 0.806.